The molecular formula is C11H17N3O. The van der Waals surface area contributed by atoms with E-state index in [0.29, 0.717) is 5.92 Å². The van der Waals surface area contributed by atoms with E-state index in [1.165, 1.54) is 0 Å². The maximum Gasteiger partial charge on any atom is 0.0726 e. The summed E-state index contributed by atoms with van der Waals surface area (Å²) in [6, 6.07) is 0. The molecule has 2 unspecified atom stereocenters. The Balaban J connectivity index is 1.88. The van der Waals surface area contributed by atoms with Gasteiger partial charge >= 0.3 is 0 Å². The van der Waals surface area contributed by atoms with Gasteiger partial charge in [0.25, 0.3) is 0 Å². The number of hydrogen-bond donors (Lipinski definition) is 1. The molecule has 4 nitrogen and oxygen atoms in total. The number of hydrogen-bond acceptors (Lipinski definition) is 4. The molecule has 1 aromatic heterocycles. The second kappa shape index (κ2) is 4.68. The van der Waals surface area contributed by atoms with Crippen LogP contribution in [0.5, 0.6) is 0 Å². The highest BCUT2D eigenvalue weighted by molar-refractivity contribution is 4.95. The lowest BCUT2D eigenvalue weighted by atomic mass is 10.0. The standard InChI is InChI=1S/C11H17N3O/c1-9(15)10-2-5-14(7-10)8-11-6-12-3-4-13-11/h3-4,6,9-10,15H,2,5,7-8H2,1H3. The molecule has 82 valence electrons. The van der Waals surface area contributed by atoms with Gasteiger partial charge in [-0.2, -0.15) is 0 Å². The molecule has 1 aliphatic rings. The highest BCUT2D eigenvalue weighted by Gasteiger charge is 2.25. The summed E-state index contributed by atoms with van der Waals surface area (Å²) >= 11 is 0. The van der Waals surface area contributed by atoms with Gasteiger partial charge in [-0.25, -0.2) is 0 Å². The number of likely N-dealkylation sites (tertiary alicyclic amines) is 1. The maximum atomic E-state index is 9.48. The van der Waals surface area contributed by atoms with E-state index in [2.05, 4.69) is 14.9 Å². The molecule has 1 aliphatic heterocycles. The Morgan fingerprint density at radius 2 is 2.47 bits per heavy atom. The maximum absolute atomic E-state index is 9.48. The molecule has 0 radical (unpaired) electrons. The highest BCUT2D eigenvalue weighted by atomic mass is 16.3. The molecule has 2 rings (SSSR count). The lowest BCUT2D eigenvalue weighted by molar-refractivity contribution is 0.127. The number of aliphatic hydroxyl groups excluding tert-OH is 1. The van der Waals surface area contributed by atoms with Crippen LogP contribution >= 0.6 is 0 Å². The van der Waals surface area contributed by atoms with Crippen LogP contribution < -0.4 is 0 Å². The third-order valence-corrected chi connectivity index (χ3v) is 2.99. The number of rotatable bonds is 3. The van der Waals surface area contributed by atoms with E-state index in [4.69, 9.17) is 0 Å². The van der Waals surface area contributed by atoms with Crippen LogP contribution in [0.2, 0.25) is 0 Å². The van der Waals surface area contributed by atoms with Crippen LogP contribution in [-0.4, -0.2) is 39.2 Å². The van der Waals surface area contributed by atoms with E-state index in [1.807, 2.05) is 6.92 Å². The molecule has 2 atom stereocenters. The summed E-state index contributed by atoms with van der Waals surface area (Å²) in [5.74, 6) is 0.418. The summed E-state index contributed by atoms with van der Waals surface area (Å²) in [7, 11) is 0. The highest BCUT2D eigenvalue weighted by Crippen LogP contribution is 2.20. The fraction of sp³-hybridized carbons (Fsp3) is 0.636. The van der Waals surface area contributed by atoms with Crippen LogP contribution in [0.15, 0.2) is 18.6 Å². The van der Waals surface area contributed by atoms with Crippen molar-refractivity contribution in [2.24, 2.45) is 5.92 Å². The predicted octanol–water partition coefficient (Wildman–Crippen LogP) is 0.679. The predicted molar refractivity (Wildman–Crippen MR) is 57.1 cm³/mol. The van der Waals surface area contributed by atoms with Gasteiger partial charge in [-0.15, -0.1) is 0 Å². The van der Waals surface area contributed by atoms with Crippen LogP contribution in [0.4, 0.5) is 0 Å². The van der Waals surface area contributed by atoms with Crippen LogP contribution in [0.1, 0.15) is 19.0 Å². The smallest absolute Gasteiger partial charge is 0.0726 e. The van der Waals surface area contributed by atoms with Crippen LogP contribution in [0, 0.1) is 5.92 Å². The lowest BCUT2D eigenvalue weighted by Crippen LogP contribution is -2.24. The van der Waals surface area contributed by atoms with Gasteiger partial charge in [0.05, 0.1) is 11.8 Å². The number of aromatic nitrogens is 2. The van der Waals surface area contributed by atoms with Crippen molar-refractivity contribution >= 4 is 0 Å². The van der Waals surface area contributed by atoms with Gasteiger partial charge in [-0.1, -0.05) is 0 Å². The summed E-state index contributed by atoms with van der Waals surface area (Å²) < 4.78 is 0. The van der Waals surface area contributed by atoms with Gasteiger partial charge in [0.1, 0.15) is 0 Å². The zero-order valence-electron chi connectivity index (χ0n) is 9.00. The first-order valence-electron chi connectivity index (χ1n) is 5.41. The molecule has 4 heteroatoms. The fourth-order valence-corrected chi connectivity index (χ4v) is 2.04. The number of aliphatic hydroxyl groups is 1. The van der Waals surface area contributed by atoms with Crippen molar-refractivity contribution in [3.8, 4) is 0 Å². The zero-order valence-corrected chi connectivity index (χ0v) is 9.00. The van der Waals surface area contributed by atoms with Crippen LogP contribution in [0.25, 0.3) is 0 Å². The van der Waals surface area contributed by atoms with Crippen molar-refractivity contribution in [1.82, 2.24) is 14.9 Å². The monoisotopic (exact) mass is 207 g/mol. The molecule has 0 aliphatic carbocycles. The van der Waals surface area contributed by atoms with E-state index in [0.717, 1.165) is 31.7 Å². The Labute approximate surface area is 90.0 Å². The van der Waals surface area contributed by atoms with Crippen LogP contribution in [-0.2, 0) is 6.54 Å². The molecule has 0 aromatic carbocycles. The second-order valence-corrected chi connectivity index (χ2v) is 4.22. The third-order valence-electron chi connectivity index (χ3n) is 2.99. The van der Waals surface area contributed by atoms with Crippen molar-refractivity contribution < 1.29 is 5.11 Å². The molecule has 1 aromatic rings. The van der Waals surface area contributed by atoms with E-state index in [-0.39, 0.29) is 6.10 Å². The Hall–Kier alpha value is -1.00. The second-order valence-electron chi connectivity index (χ2n) is 4.22. The minimum absolute atomic E-state index is 0.197. The van der Waals surface area contributed by atoms with Crippen molar-refractivity contribution in [1.29, 1.82) is 0 Å². The Morgan fingerprint density at radius 3 is 3.07 bits per heavy atom. The first-order valence-corrected chi connectivity index (χ1v) is 5.41. The van der Waals surface area contributed by atoms with Gasteiger partial charge in [0.2, 0.25) is 0 Å². The van der Waals surface area contributed by atoms with Gasteiger partial charge in [0, 0.05) is 31.7 Å². The SMILES string of the molecule is CC(O)C1CCN(Cc2cnccn2)C1. The molecule has 0 spiro atoms. The third kappa shape index (κ3) is 2.73. The zero-order chi connectivity index (χ0) is 10.7. The van der Waals surface area contributed by atoms with Crippen molar-refractivity contribution in [2.45, 2.75) is 26.0 Å². The van der Waals surface area contributed by atoms with Crippen LogP contribution in [0.3, 0.4) is 0 Å². The van der Waals surface area contributed by atoms with Gasteiger partial charge in [-0.3, -0.25) is 14.9 Å². The first kappa shape index (κ1) is 10.5. The van der Waals surface area contributed by atoms with Crippen molar-refractivity contribution in [3.05, 3.63) is 24.3 Å². The van der Waals surface area contributed by atoms with Gasteiger partial charge in [0.15, 0.2) is 0 Å². The minimum atomic E-state index is -0.197. The average molecular weight is 207 g/mol. The molecule has 2 heterocycles. The van der Waals surface area contributed by atoms with E-state index in [1.54, 1.807) is 18.6 Å². The normalized spacial score (nSPS) is 24.3. The summed E-state index contributed by atoms with van der Waals surface area (Å²) in [6.45, 7) is 4.73. The molecular weight excluding hydrogens is 190 g/mol. The summed E-state index contributed by atoms with van der Waals surface area (Å²) in [6.07, 6.45) is 6.09. The largest absolute Gasteiger partial charge is 0.393 e. The summed E-state index contributed by atoms with van der Waals surface area (Å²) in [5, 5.41) is 9.48. The Bertz CT molecular complexity index is 302. The van der Waals surface area contributed by atoms with E-state index < -0.39 is 0 Å². The van der Waals surface area contributed by atoms with Gasteiger partial charge in [-0.05, 0) is 25.8 Å². The molecule has 0 saturated carbocycles. The Morgan fingerprint density at radius 1 is 1.60 bits per heavy atom. The molecule has 0 amide bonds. The molecule has 1 N–H and O–H groups in total. The van der Waals surface area contributed by atoms with E-state index >= 15 is 0 Å². The number of nitrogens with zero attached hydrogens (tertiary/aromatic N) is 3. The van der Waals surface area contributed by atoms with Crippen molar-refractivity contribution in [3.63, 3.8) is 0 Å². The van der Waals surface area contributed by atoms with Crippen molar-refractivity contribution in [2.75, 3.05) is 13.1 Å². The molecule has 0 bridgehead atoms. The minimum Gasteiger partial charge on any atom is -0.393 e. The summed E-state index contributed by atoms with van der Waals surface area (Å²) in [4.78, 5) is 10.6. The molecule has 1 saturated heterocycles. The molecule has 15 heavy (non-hydrogen) atoms. The fourth-order valence-electron chi connectivity index (χ4n) is 2.04. The van der Waals surface area contributed by atoms with E-state index in [9.17, 15) is 5.11 Å². The molecule has 1 fully saturated rings. The lowest BCUT2D eigenvalue weighted by Gasteiger charge is -2.16. The summed E-state index contributed by atoms with van der Waals surface area (Å²) in [5.41, 5.74) is 1.00. The topological polar surface area (TPSA) is 49.2 Å². The average Bonchev–Trinajstić information content (AvgIpc) is 2.68. The quantitative estimate of drug-likeness (QED) is 0.792. The van der Waals surface area contributed by atoms with Gasteiger partial charge < -0.3 is 5.11 Å². The Kier molecular flexibility index (Phi) is 3.28. The first-order chi connectivity index (χ1) is 7.25.